The van der Waals surface area contributed by atoms with Crippen LogP contribution in [-0.2, 0) is 23.9 Å². The lowest BCUT2D eigenvalue weighted by atomic mass is 10.1. The number of esters is 1. The van der Waals surface area contributed by atoms with Gasteiger partial charge in [-0.25, -0.2) is 14.8 Å². The fourth-order valence-corrected chi connectivity index (χ4v) is 7.83. The van der Waals surface area contributed by atoms with Crippen molar-refractivity contribution in [3.63, 3.8) is 0 Å². The van der Waals surface area contributed by atoms with Gasteiger partial charge in [0.15, 0.2) is 8.68 Å². The summed E-state index contributed by atoms with van der Waals surface area (Å²) in [5.74, 6) is -6.56. The maximum atomic E-state index is 11.5. The lowest BCUT2D eigenvalue weighted by Gasteiger charge is -2.07. The Bertz CT molecular complexity index is 1650. The van der Waals surface area contributed by atoms with Crippen molar-refractivity contribution >= 4 is 102 Å². The van der Waals surface area contributed by atoms with Crippen molar-refractivity contribution in [2.45, 2.75) is 21.5 Å². The van der Waals surface area contributed by atoms with Crippen LogP contribution in [0.2, 0.25) is 0 Å². The maximum Gasteiger partial charge on any atom is 0.337 e. The highest BCUT2D eigenvalue weighted by molar-refractivity contribution is 8.01. The van der Waals surface area contributed by atoms with E-state index in [9.17, 15) is 24.0 Å². The number of nitrogens with two attached hydrogens (primary N) is 1. The Hall–Kier alpha value is -3.93. The number of thiazole rings is 2. The minimum absolute atomic E-state index is 0.116. The van der Waals surface area contributed by atoms with Crippen LogP contribution in [0.5, 0.6) is 0 Å². The summed E-state index contributed by atoms with van der Waals surface area (Å²) in [5, 5.41) is 35.4. The standard InChI is InChI=1S/C14H13NO6S2.C12H12N2O4S2/c1-21-13(20)7-2-3-9-10(4-7)23-14(15-9)22-6-8(12(18)19)5-11(16)17;13-7-1-2-8-9(4-7)20-12(14-8)19-5-6(11(17)18)3-10(15)16/h2-4,8H,5-6H2,1H3,(H,16,17)(H,18,19);1-2,4,6H,3,5,13H2,(H,15,16)(H,17,18). The minimum Gasteiger partial charge on any atom is -0.481 e. The number of nitrogens with zero attached hydrogens (tertiary/aromatic N) is 2. The molecule has 0 amide bonds. The number of fused-ring (bicyclic) bond motifs is 2. The molecule has 6 N–H and O–H groups in total. The van der Waals surface area contributed by atoms with Gasteiger partial charge in [0.25, 0.3) is 0 Å². The van der Waals surface area contributed by atoms with E-state index in [-0.39, 0.29) is 17.9 Å². The van der Waals surface area contributed by atoms with Gasteiger partial charge in [-0.1, -0.05) is 23.5 Å². The van der Waals surface area contributed by atoms with Gasteiger partial charge in [-0.3, -0.25) is 19.2 Å². The third-order valence-electron chi connectivity index (χ3n) is 5.54. The first-order valence-electron chi connectivity index (χ1n) is 12.2. The Kier molecular flexibility index (Phi) is 12.1. The van der Waals surface area contributed by atoms with Crippen LogP contribution in [0.3, 0.4) is 0 Å². The number of rotatable bonds is 13. The molecule has 4 rings (SSSR count). The first-order valence-corrected chi connectivity index (χ1v) is 15.8. The summed E-state index contributed by atoms with van der Waals surface area (Å²) in [6, 6.07) is 10.3. The molecule has 0 bridgehead atoms. The molecule has 17 heteroatoms. The van der Waals surface area contributed by atoms with Crippen LogP contribution < -0.4 is 5.73 Å². The highest BCUT2D eigenvalue weighted by Crippen LogP contribution is 2.33. The summed E-state index contributed by atoms with van der Waals surface area (Å²) in [5.41, 5.74) is 8.23. The van der Waals surface area contributed by atoms with Crippen LogP contribution in [0.15, 0.2) is 45.1 Å². The van der Waals surface area contributed by atoms with E-state index in [4.69, 9.17) is 26.2 Å². The van der Waals surface area contributed by atoms with Crippen molar-refractivity contribution in [2.75, 3.05) is 24.3 Å². The second kappa shape index (κ2) is 15.5. The number of carboxylic acids is 4. The Morgan fingerprint density at radius 3 is 1.70 bits per heavy atom. The fourth-order valence-electron chi connectivity index (χ4n) is 3.39. The number of anilines is 1. The number of ether oxygens (including phenoxy) is 1. The van der Waals surface area contributed by atoms with Gasteiger partial charge in [0.05, 0.1) is 57.8 Å². The molecule has 0 fully saturated rings. The predicted molar refractivity (Wildman–Crippen MR) is 163 cm³/mol. The summed E-state index contributed by atoms with van der Waals surface area (Å²) in [7, 11) is 1.30. The van der Waals surface area contributed by atoms with Gasteiger partial charge in [-0.05, 0) is 36.4 Å². The molecular formula is C26H25N3O10S4. The SMILES string of the molecule is COC(=O)c1ccc2nc(SCC(CC(=O)O)C(=O)O)sc2c1.Nc1ccc2nc(SCC(CC(=O)O)C(=O)O)sc2c1. The van der Waals surface area contributed by atoms with Crippen molar-refractivity contribution in [1.29, 1.82) is 0 Å². The van der Waals surface area contributed by atoms with Gasteiger partial charge in [0.2, 0.25) is 0 Å². The van der Waals surface area contributed by atoms with Crippen molar-refractivity contribution in [3.8, 4) is 0 Å². The van der Waals surface area contributed by atoms with Crippen molar-refractivity contribution in [2.24, 2.45) is 11.8 Å². The number of hydrogen-bond acceptors (Lipinski definition) is 13. The number of thioether (sulfide) groups is 2. The summed E-state index contributed by atoms with van der Waals surface area (Å²) >= 11 is 5.18. The molecule has 2 aromatic heterocycles. The Labute approximate surface area is 260 Å². The number of hydrogen-bond donors (Lipinski definition) is 5. The minimum atomic E-state index is -1.15. The van der Waals surface area contributed by atoms with Crippen LogP contribution in [0.25, 0.3) is 20.4 Å². The number of aromatic nitrogens is 2. The second-order valence-corrected chi connectivity index (χ2v) is 13.3. The first-order chi connectivity index (χ1) is 20.4. The Balaban J connectivity index is 0.000000238. The average Bonchev–Trinajstić information content (AvgIpc) is 3.55. The molecule has 4 aromatic rings. The highest BCUT2D eigenvalue weighted by Gasteiger charge is 2.23. The molecule has 2 unspecified atom stereocenters. The van der Waals surface area contributed by atoms with Crippen molar-refractivity contribution in [1.82, 2.24) is 9.97 Å². The van der Waals surface area contributed by atoms with Gasteiger partial charge in [-0.15, -0.1) is 22.7 Å². The normalized spacial score (nSPS) is 12.2. The molecule has 0 aliphatic heterocycles. The number of nitrogen functional groups attached to an aromatic ring is 1. The van der Waals surface area contributed by atoms with Gasteiger partial charge >= 0.3 is 29.8 Å². The molecule has 0 saturated heterocycles. The number of carbonyl (C=O) groups excluding carboxylic acids is 1. The summed E-state index contributed by atoms with van der Waals surface area (Å²) in [6.07, 6.45) is -0.820. The lowest BCUT2D eigenvalue weighted by molar-refractivity contribution is -0.147. The van der Waals surface area contributed by atoms with E-state index in [2.05, 4.69) is 14.7 Å². The summed E-state index contributed by atoms with van der Waals surface area (Å²) in [4.78, 5) is 63.5. The molecule has 0 saturated carbocycles. The lowest BCUT2D eigenvalue weighted by Crippen LogP contribution is -2.19. The molecule has 0 aliphatic rings. The molecule has 0 aliphatic carbocycles. The average molecular weight is 668 g/mol. The van der Waals surface area contributed by atoms with E-state index in [1.807, 2.05) is 6.07 Å². The quantitative estimate of drug-likeness (QED) is 0.0751. The Morgan fingerprint density at radius 1 is 0.791 bits per heavy atom. The molecule has 0 spiro atoms. The van der Waals surface area contributed by atoms with Crippen LogP contribution >= 0.6 is 46.2 Å². The molecule has 43 heavy (non-hydrogen) atoms. The smallest absolute Gasteiger partial charge is 0.337 e. The topological polar surface area (TPSA) is 227 Å². The predicted octanol–water partition coefficient (Wildman–Crippen LogP) is 4.50. The van der Waals surface area contributed by atoms with E-state index < -0.39 is 48.1 Å². The zero-order valence-corrected chi connectivity index (χ0v) is 25.6. The summed E-state index contributed by atoms with van der Waals surface area (Å²) in [6.45, 7) is 0. The van der Waals surface area contributed by atoms with Crippen LogP contribution in [0.4, 0.5) is 5.69 Å². The van der Waals surface area contributed by atoms with Gasteiger partial charge in [0.1, 0.15) is 0 Å². The van der Waals surface area contributed by atoms with Crippen molar-refractivity contribution in [3.05, 3.63) is 42.0 Å². The van der Waals surface area contributed by atoms with Crippen LogP contribution in [0.1, 0.15) is 23.2 Å². The second-order valence-electron chi connectivity index (χ2n) is 8.75. The number of carboxylic acid groups (broad SMARTS) is 4. The monoisotopic (exact) mass is 667 g/mol. The summed E-state index contributed by atoms with van der Waals surface area (Å²) < 4.78 is 7.69. The van der Waals surface area contributed by atoms with E-state index >= 15 is 0 Å². The van der Waals surface area contributed by atoms with E-state index in [0.29, 0.717) is 25.4 Å². The zero-order chi connectivity index (χ0) is 31.7. The van der Waals surface area contributed by atoms with E-state index in [1.54, 1.807) is 30.3 Å². The zero-order valence-electron chi connectivity index (χ0n) is 22.3. The van der Waals surface area contributed by atoms with Crippen molar-refractivity contribution < 1.29 is 49.1 Å². The molecule has 13 nitrogen and oxygen atoms in total. The fraction of sp³-hybridized carbons (Fsp3) is 0.269. The number of benzene rings is 2. The van der Waals surface area contributed by atoms with E-state index in [0.717, 1.165) is 14.9 Å². The van der Waals surface area contributed by atoms with Crippen LogP contribution in [0, 0.1) is 11.8 Å². The number of carbonyl (C=O) groups is 5. The third-order valence-corrected chi connectivity index (χ3v) is 10.2. The van der Waals surface area contributed by atoms with Gasteiger partial charge < -0.3 is 30.9 Å². The van der Waals surface area contributed by atoms with E-state index in [1.165, 1.54) is 53.3 Å². The van der Waals surface area contributed by atoms with Gasteiger partial charge in [-0.2, -0.15) is 0 Å². The third kappa shape index (κ3) is 10.1. The first kappa shape index (κ1) is 33.6. The number of methoxy groups -OCH3 is 1. The number of aliphatic carboxylic acids is 4. The molecule has 2 atom stereocenters. The molecule has 2 aromatic carbocycles. The highest BCUT2D eigenvalue weighted by atomic mass is 32.2. The molecule has 228 valence electrons. The maximum absolute atomic E-state index is 11.5. The molecule has 2 heterocycles. The van der Waals surface area contributed by atoms with Crippen LogP contribution in [-0.4, -0.2) is 78.9 Å². The molecular weight excluding hydrogens is 643 g/mol. The van der Waals surface area contributed by atoms with Gasteiger partial charge in [0, 0.05) is 17.2 Å². The largest absolute Gasteiger partial charge is 0.481 e. The Morgan fingerprint density at radius 2 is 1.26 bits per heavy atom. The molecule has 0 radical (unpaired) electrons.